The van der Waals surface area contributed by atoms with Crippen LogP contribution >= 0.6 is 0 Å². The fourth-order valence-corrected chi connectivity index (χ4v) is 1.09. The summed E-state index contributed by atoms with van der Waals surface area (Å²) in [6.07, 6.45) is -3.49. The van der Waals surface area contributed by atoms with E-state index in [0.29, 0.717) is 0 Å². The van der Waals surface area contributed by atoms with Gasteiger partial charge in [-0.1, -0.05) is 18.2 Å². The molecular formula is C9H7F3N4. The van der Waals surface area contributed by atoms with Gasteiger partial charge in [0.2, 0.25) is 5.96 Å². The van der Waals surface area contributed by atoms with E-state index < -0.39 is 12.3 Å². The Bertz CT molecular complexity index is 407. The second kappa shape index (κ2) is 4.53. The molecular weight excluding hydrogens is 221 g/mol. The van der Waals surface area contributed by atoms with Crippen LogP contribution in [0.25, 0.3) is 0 Å². The highest BCUT2D eigenvalue weighted by molar-refractivity contribution is 5.95. The first-order chi connectivity index (χ1) is 7.46. The lowest BCUT2D eigenvalue weighted by Crippen LogP contribution is -2.47. The molecule has 0 bridgehead atoms. The van der Waals surface area contributed by atoms with E-state index in [2.05, 4.69) is 0 Å². The Hall–Kier alpha value is -2.23. The molecule has 2 N–H and O–H groups in total. The van der Waals surface area contributed by atoms with Crippen LogP contribution in [0, 0.1) is 16.9 Å². The third-order valence-electron chi connectivity index (χ3n) is 1.67. The molecule has 0 aliphatic heterocycles. The van der Waals surface area contributed by atoms with E-state index in [1.807, 2.05) is 0 Å². The Labute approximate surface area is 89.4 Å². The molecule has 0 radical (unpaired) electrons. The van der Waals surface area contributed by atoms with Crippen molar-refractivity contribution in [3.8, 4) is 6.19 Å². The van der Waals surface area contributed by atoms with Crippen molar-refractivity contribution in [3.05, 3.63) is 30.3 Å². The molecule has 84 valence electrons. The van der Waals surface area contributed by atoms with Crippen LogP contribution in [0.4, 0.5) is 18.9 Å². The molecule has 1 aromatic rings. The van der Waals surface area contributed by atoms with Crippen molar-refractivity contribution in [2.75, 3.05) is 4.90 Å². The number of hydrogen-bond acceptors (Lipinski definition) is 2. The second-order valence-electron chi connectivity index (χ2n) is 2.72. The summed E-state index contributed by atoms with van der Waals surface area (Å²) in [6, 6.07) is 6.77. The molecule has 0 spiro atoms. The highest BCUT2D eigenvalue weighted by Gasteiger charge is 2.40. The molecule has 0 aliphatic carbocycles. The van der Waals surface area contributed by atoms with Gasteiger partial charge in [0, 0.05) is 0 Å². The average Bonchev–Trinajstić information content (AvgIpc) is 2.17. The van der Waals surface area contributed by atoms with Gasteiger partial charge in [-0.05, 0) is 12.1 Å². The van der Waals surface area contributed by atoms with Gasteiger partial charge in [-0.25, -0.2) is 4.90 Å². The van der Waals surface area contributed by atoms with Gasteiger partial charge in [-0.3, -0.25) is 10.7 Å². The molecule has 0 fully saturated rings. The van der Waals surface area contributed by atoms with Crippen LogP contribution in [-0.4, -0.2) is 12.3 Å². The summed E-state index contributed by atoms with van der Waals surface area (Å²) in [7, 11) is 0. The largest absolute Gasteiger partial charge is 0.491 e. The normalized spacial score (nSPS) is 10.4. The standard InChI is InChI=1S/C9H7F3N4/c10-9(11,12)16(8(14)15-6-13)7-4-2-1-3-5-7/h1-5H,(H2,14,15). The van der Waals surface area contributed by atoms with Crippen LogP contribution in [0.1, 0.15) is 0 Å². The van der Waals surface area contributed by atoms with E-state index in [9.17, 15) is 13.2 Å². The van der Waals surface area contributed by atoms with Crippen LogP contribution in [0.15, 0.2) is 30.3 Å². The zero-order chi connectivity index (χ0) is 12.2. The number of nitrogens with one attached hydrogen (secondary N) is 2. The first kappa shape index (κ1) is 11.8. The summed E-state index contributed by atoms with van der Waals surface area (Å²) >= 11 is 0. The molecule has 4 nitrogen and oxygen atoms in total. The third kappa shape index (κ3) is 2.63. The van der Waals surface area contributed by atoms with Crippen molar-refractivity contribution in [1.29, 1.82) is 10.7 Å². The summed E-state index contributed by atoms with van der Waals surface area (Å²) < 4.78 is 37.8. The Morgan fingerprint density at radius 1 is 1.31 bits per heavy atom. The van der Waals surface area contributed by atoms with E-state index in [0.717, 1.165) is 0 Å². The molecule has 1 aromatic carbocycles. The van der Waals surface area contributed by atoms with Gasteiger partial charge in [-0.2, -0.15) is 5.26 Å². The van der Waals surface area contributed by atoms with Crippen molar-refractivity contribution >= 4 is 11.6 Å². The summed E-state index contributed by atoms with van der Waals surface area (Å²) in [5.74, 6) is -1.04. The topological polar surface area (TPSA) is 62.9 Å². The minimum Gasteiger partial charge on any atom is -0.268 e. The van der Waals surface area contributed by atoms with Crippen molar-refractivity contribution in [2.24, 2.45) is 0 Å². The smallest absolute Gasteiger partial charge is 0.268 e. The Kier molecular flexibility index (Phi) is 3.35. The van der Waals surface area contributed by atoms with Crippen molar-refractivity contribution in [1.82, 2.24) is 5.32 Å². The van der Waals surface area contributed by atoms with Gasteiger partial charge in [0.15, 0.2) is 6.19 Å². The fourth-order valence-electron chi connectivity index (χ4n) is 1.09. The summed E-state index contributed by atoms with van der Waals surface area (Å²) in [4.78, 5) is -0.226. The van der Waals surface area contributed by atoms with E-state index >= 15 is 0 Å². The van der Waals surface area contributed by atoms with Gasteiger partial charge < -0.3 is 0 Å². The quantitative estimate of drug-likeness (QED) is 0.254. The molecule has 0 saturated carbocycles. The minimum atomic E-state index is -4.76. The number of nitriles is 1. The first-order valence-electron chi connectivity index (χ1n) is 4.12. The molecule has 16 heavy (non-hydrogen) atoms. The van der Waals surface area contributed by atoms with Crippen LogP contribution in [0.3, 0.4) is 0 Å². The van der Waals surface area contributed by atoms with E-state index in [4.69, 9.17) is 10.7 Å². The average molecular weight is 228 g/mol. The molecule has 0 aromatic heterocycles. The number of para-hydroxylation sites is 1. The molecule has 0 heterocycles. The van der Waals surface area contributed by atoms with Crippen LogP contribution in [0.2, 0.25) is 0 Å². The fraction of sp³-hybridized carbons (Fsp3) is 0.111. The minimum absolute atomic E-state index is 0.226. The monoisotopic (exact) mass is 228 g/mol. The Morgan fingerprint density at radius 3 is 2.31 bits per heavy atom. The molecule has 0 aliphatic rings. The number of nitrogens with zero attached hydrogens (tertiary/aromatic N) is 2. The second-order valence-corrected chi connectivity index (χ2v) is 2.72. The van der Waals surface area contributed by atoms with Gasteiger partial charge in [-0.15, -0.1) is 13.2 Å². The zero-order valence-electron chi connectivity index (χ0n) is 7.92. The molecule has 0 amide bonds. The number of hydrogen-bond donors (Lipinski definition) is 2. The Morgan fingerprint density at radius 2 is 1.88 bits per heavy atom. The summed E-state index contributed by atoms with van der Waals surface area (Å²) in [6.45, 7) is 0. The number of rotatable bonds is 1. The van der Waals surface area contributed by atoms with Crippen molar-refractivity contribution in [2.45, 2.75) is 6.30 Å². The number of alkyl halides is 3. The predicted molar refractivity (Wildman–Crippen MR) is 51.5 cm³/mol. The maximum Gasteiger partial charge on any atom is 0.491 e. The lowest BCUT2D eigenvalue weighted by molar-refractivity contribution is -0.118. The molecule has 7 heteroatoms. The highest BCUT2D eigenvalue weighted by atomic mass is 19.4. The molecule has 1 rings (SSSR count). The maximum absolute atomic E-state index is 12.6. The first-order valence-corrected chi connectivity index (χ1v) is 4.12. The van der Waals surface area contributed by atoms with Gasteiger partial charge in [0.05, 0.1) is 5.69 Å². The SMILES string of the molecule is N#CNC(=N)N(c1ccccc1)C(F)(F)F. The third-order valence-corrected chi connectivity index (χ3v) is 1.67. The summed E-state index contributed by atoms with van der Waals surface area (Å²) in [5.41, 5.74) is -0.234. The molecule has 0 saturated heterocycles. The number of benzene rings is 1. The van der Waals surface area contributed by atoms with E-state index in [-0.39, 0.29) is 10.6 Å². The van der Waals surface area contributed by atoms with E-state index in [1.165, 1.54) is 30.5 Å². The van der Waals surface area contributed by atoms with E-state index in [1.54, 1.807) is 11.4 Å². The maximum atomic E-state index is 12.6. The molecule has 0 unspecified atom stereocenters. The van der Waals surface area contributed by atoms with Crippen LogP contribution < -0.4 is 10.2 Å². The van der Waals surface area contributed by atoms with Crippen LogP contribution in [0.5, 0.6) is 0 Å². The lowest BCUT2D eigenvalue weighted by Gasteiger charge is -2.25. The number of halogens is 3. The number of guanidine groups is 1. The van der Waals surface area contributed by atoms with Crippen molar-refractivity contribution in [3.63, 3.8) is 0 Å². The summed E-state index contributed by atoms with van der Waals surface area (Å²) in [5, 5.41) is 17.0. The Balaban J connectivity index is 3.08. The highest BCUT2D eigenvalue weighted by Crippen LogP contribution is 2.27. The van der Waals surface area contributed by atoms with Crippen LogP contribution in [-0.2, 0) is 0 Å². The van der Waals surface area contributed by atoms with Gasteiger partial charge in [0.25, 0.3) is 0 Å². The zero-order valence-corrected chi connectivity index (χ0v) is 7.92. The van der Waals surface area contributed by atoms with Gasteiger partial charge in [0.1, 0.15) is 0 Å². The predicted octanol–water partition coefficient (Wildman–Crippen LogP) is 2.02. The van der Waals surface area contributed by atoms with Crippen molar-refractivity contribution < 1.29 is 13.2 Å². The molecule has 0 atom stereocenters. The lowest BCUT2D eigenvalue weighted by atomic mass is 10.3. The number of anilines is 1. The van der Waals surface area contributed by atoms with Gasteiger partial charge >= 0.3 is 6.30 Å².